The van der Waals surface area contributed by atoms with Crippen LogP contribution in [0.2, 0.25) is 0 Å². The summed E-state index contributed by atoms with van der Waals surface area (Å²) < 4.78 is 1.75. The minimum atomic E-state index is 0.0714. The molecule has 2 unspecified atom stereocenters. The van der Waals surface area contributed by atoms with Crippen LogP contribution in [0, 0.1) is 11.8 Å². The van der Waals surface area contributed by atoms with Crippen molar-refractivity contribution in [2.24, 2.45) is 11.8 Å². The number of carbonyl (C=O) groups excluding carboxylic acids is 1. The van der Waals surface area contributed by atoms with E-state index in [2.05, 4.69) is 13.8 Å². The van der Waals surface area contributed by atoms with E-state index in [9.17, 15) is 9.59 Å². The molecule has 0 N–H and O–H groups in total. The van der Waals surface area contributed by atoms with Crippen molar-refractivity contribution in [3.63, 3.8) is 0 Å². The molecule has 5 nitrogen and oxygen atoms in total. The minimum absolute atomic E-state index is 0.0714. The fraction of sp³-hybridized carbons (Fsp3) is 0.667. The van der Waals surface area contributed by atoms with Crippen molar-refractivity contribution in [2.45, 2.75) is 64.6 Å². The molecule has 152 valence electrons. The second-order valence-electron chi connectivity index (χ2n) is 8.37. The first kappa shape index (κ1) is 20.0. The van der Waals surface area contributed by atoms with Gasteiger partial charge in [0.2, 0.25) is 5.91 Å². The normalized spacial score (nSPS) is 22.5. The average molecular weight is 420 g/mol. The van der Waals surface area contributed by atoms with Crippen molar-refractivity contribution in [2.75, 3.05) is 18.8 Å². The summed E-state index contributed by atoms with van der Waals surface area (Å²) >= 11 is 3.10. The Kier molecular flexibility index (Phi) is 5.83. The smallest absolute Gasteiger partial charge is 0.263 e. The highest BCUT2D eigenvalue weighted by Crippen LogP contribution is 2.34. The molecule has 1 aliphatic heterocycles. The maximum Gasteiger partial charge on any atom is 0.263 e. The molecule has 0 saturated carbocycles. The zero-order chi connectivity index (χ0) is 19.8. The molecule has 1 fully saturated rings. The van der Waals surface area contributed by atoms with E-state index in [1.807, 2.05) is 11.8 Å². The van der Waals surface area contributed by atoms with Crippen LogP contribution in [-0.4, -0.2) is 39.2 Å². The zero-order valence-electron chi connectivity index (χ0n) is 17.0. The lowest BCUT2D eigenvalue weighted by Crippen LogP contribution is -2.43. The van der Waals surface area contributed by atoms with Crippen LogP contribution < -0.4 is 5.56 Å². The molecule has 0 radical (unpaired) electrons. The molecule has 0 bridgehead atoms. The van der Waals surface area contributed by atoms with Gasteiger partial charge < -0.3 is 4.90 Å². The maximum absolute atomic E-state index is 13.2. The Bertz CT molecular complexity index is 939. The van der Waals surface area contributed by atoms with Gasteiger partial charge in [-0.1, -0.05) is 25.6 Å². The molecule has 2 aromatic rings. The van der Waals surface area contributed by atoms with E-state index in [4.69, 9.17) is 4.98 Å². The van der Waals surface area contributed by atoms with Gasteiger partial charge in [-0.25, -0.2) is 4.98 Å². The molecule has 0 spiro atoms. The second-order valence-corrected chi connectivity index (χ2v) is 10.4. The Morgan fingerprint density at radius 1 is 1.21 bits per heavy atom. The predicted molar refractivity (Wildman–Crippen MR) is 116 cm³/mol. The number of amides is 1. The topological polar surface area (TPSA) is 55.2 Å². The standard InChI is InChI=1S/C21H29N3O2S2/c1-4-24-20(26)18-15-7-5-6-8-16(15)28-19(18)22-21(24)27-12-17(25)23-10-13(2)9-14(3)11-23/h13-14H,4-12H2,1-3H3. The van der Waals surface area contributed by atoms with E-state index in [1.165, 1.54) is 35.0 Å². The van der Waals surface area contributed by atoms with E-state index in [1.54, 1.807) is 15.9 Å². The number of fused-ring (bicyclic) bond motifs is 3. The number of piperidine rings is 1. The lowest BCUT2D eigenvalue weighted by atomic mass is 9.92. The van der Waals surface area contributed by atoms with Crippen LogP contribution in [-0.2, 0) is 24.2 Å². The van der Waals surface area contributed by atoms with Crippen LogP contribution in [0.3, 0.4) is 0 Å². The number of hydrogen-bond acceptors (Lipinski definition) is 5. The summed E-state index contributed by atoms with van der Waals surface area (Å²) in [6.07, 6.45) is 5.60. The van der Waals surface area contributed by atoms with E-state index in [0.717, 1.165) is 42.6 Å². The minimum Gasteiger partial charge on any atom is -0.341 e. The molecule has 2 aliphatic rings. The van der Waals surface area contributed by atoms with Gasteiger partial charge in [-0.2, -0.15) is 0 Å². The third-order valence-electron chi connectivity index (χ3n) is 5.90. The number of thiophene rings is 1. The van der Waals surface area contributed by atoms with E-state index in [0.29, 0.717) is 29.3 Å². The highest BCUT2D eigenvalue weighted by atomic mass is 32.2. The molecule has 3 heterocycles. The third kappa shape index (κ3) is 3.75. The molecular formula is C21H29N3O2S2. The van der Waals surface area contributed by atoms with E-state index in [-0.39, 0.29) is 11.5 Å². The highest BCUT2D eigenvalue weighted by molar-refractivity contribution is 7.99. The summed E-state index contributed by atoms with van der Waals surface area (Å²) in [5.74, 6) is 1.62. The van der Waals surface area contributed by atoms with Crippen LogP contribution >= 0.6 is 23.1 Å². The fourth-order valence-corrected chi connectivity index (χ4v) is 6.96. The number of carbonyl (C=O) groups is 1. The van der Waals surface area contributed by atoms with Gasteiger partial charge in [0.25, 0.3) is 5.56 Å². The first-order chi connectivity index (χ1) is 13.5. The average Bonchev–Trinajstić information content (AvgIpc) is 3.04. The summed E-state index contributed by atoms with van der Waals surface area (Å²) in [5.41, 5.74) is 1.30. The van der Waals surface area contributed by atoms with E-state index >= 15 is 0 Å². The molecule has 1 aliphatic carbocycles. The monoisotopic (exact) mass is 419 g/mol. The van der Waals surface area contributed by atoms with Crippen LogP contribution in [0.4, 0.5) is 0 Å². The van der Waals surface area contributed by atoms with Crippen molar-refractivity contribution >= 4 is 39.2 Å². The maximum atomic E-state index is 13.2. The first-order valence-electron chi connectivity index (χ1n) is 10.4. The third-order valence-corrected chi connectivity index (χ3v) is 8.05. The SMILES string of the molecule is CCn1c(SCC(=O)N2CC(C)CC(C)C2)nc2sc3c(c2c1=O)CCCC3. The van der Waals surface area contributed by atoms with Gasteiger partial charge in [0.1, 0.15) is 4.83 Å². The molecule has 0 aromatic carbocycles. The summed E-state index contributed by atoms with van der Waals surface area (Å²) in [4.78, 5) is 34.9. The van der Waals surface area contributed by atoms with Crippen LogP contribution in [0.5, 0.6) is 0 Å². The zero-order valence-corrected chi connectivity index (χ0v) is 18.6. The van der Waals surface area contributed by atoms with Gasteiger partial charge in [-0.3, -0.25) is 14.2 Å². The van der Waals surface area contributed by atoms with Gasteiger partial charge in [0, 0.05) is 24.5 Å². The molecule has 2 atom stereocenters. The van der Waals surface area contributed by atoms with E-state index < -0.39 is 0 Å². The summed E-state index contributed by atoms with van der Waals surface area (Å²) in [7, 11) is 0. The Balaban J connectivity index is 1.58. The number of likely N-dealkylation sites (tertiary alicyclic amines) is 1. The van der Waals surface area contributed by atoms with Crippen LogP contribution in [0.25, 0.3) is 10.2 Å². The van der Waals surface area contributed by atoms with Crippen molar-refractivity contribution < 1.29 is 4.79 Å². The Morgan fingerprint density at radius 2 is 1.93 bits per heavy atom. The molecular weight excluding hydrogens is 390 g/mol. The van der Waals surface area contributed by atoms with Gasteiger partial charge in [-0.15, -0.1) is 11.3 Å². The van der Waals surface area contributed by atoms with Crippen molar-refractivity contribution in [1.29, 1.82) is 0 Å². The Labute approximate surface area is 174 Å². The van der Waals surface area contributed by atoms with Crippen molar-refractivity contribution in [1.82, 2.24) is 14.5 Å². The number of thioether (sulfide) groups is 1. The molecule has 4 rings (SSSR count). The Morgan fingerprint density at radius 3 is 2.64 bits per heavy atom. The fourth-order valence-electron chi connectivity index (χ4n) is 4.69. The number of nitrogens with zero attached hydrogens (tertiary/aromatic N) is 3. The molecule has 1 saturated heterocycles. The number of aryl methyl sites for hydroxylation is 2. The van der Waals surface area contributed by atoms with Gasteiger partial charge in [0.05, 0.1) is 11.1 Å². The number of rotatable bonds is 4. The van der Waals surface area contributed by atoms with Crippen LogP contribution in [0.15, 0.2) is 9.95 Å². The molecule has 7 heteroatoms. The second kappa shape index (κ2) is 8.19. The van der Waals surface area contributed by atoms with Crippen molar-refractivity contribution in [3.05, 3.63) is 20.8 Å². The highest BCUT2D eigenvalue weighted by Gasteiger charge is 2.26. The van der Waals surface area contributed by atoms with Gasteiger partial charge in [-0.05, 0) is 56.4 Å². The number of hydrogen-bond donors (Lipinski definition) is 0. The van der Waals surface area contributed by atoms with Crippen molar-refractivity contribution in [3.8, 4) is 0 Å². The predicted octanol–water partition coefficient (Wildman–Crippen LogP) is 3.95. The lowest BCUT2D eigenvalue weighted by molar-refractivity contribution is -0.130. The number of aromatic nitrogens is 2. The Hall–Kier alpha value is -1.34. The summed E-state index contributed by atoms with van der Waals surface area (Å²) in [6, 6.07) is 0. The van der Waals surface area contributed by atoms with Gasteiger partial charge >= 0.3 is 0 Å². The molecule has 2 aromatic heterocycles. The summed E-state index contributed by atoms with van der Waals surface area (Å²) in [6.45, 7) is 8.68. The largest absolute Gasteiger partial charge is 0.341 e. The quantitative estimate of drug-likeness (QED) is 0.556. The first-order valence-corrected chi connectivity index (χ1v) is 12.2. The summed E-state index contributed by atoms with van der Waals surface area (Å²) in [5, 5.41) is 1.51. The molecule has 1 amide bonds. The van der Waals surface area contributed by atoms with Gasteiger partial charge in [0.15, 0.2) is 5.16 Å². The lowest BCUT2D eigenvalue weighted by Gasteiger charge is -2.35. The van der Waals surface area contributed by atoms with Crippen LogP contribution in [0.1, 0.15) is 50.5 Å². The molecule has 28 heavy (non-hydrogen) atoms.